The first-order chi connectivity index (χ1) is 20.8. The van der Waals surface area contributed by atoms with E-state index in [4.69, 9.17) is 29.3 Å². The van der Waals surface area contributed by atoms with Crippen molar-refractivity contribution in [3.63, 3.8) is 0 Å². The lowest BCUT2D eigenvalue weighted by molar-refractivity contribution is -0.111. The number of pyridine rings is 1. The second kappa shape index (κ2) is 12.8. The number of carbonyl (C=O) groups is 1. The van der Waals surface area contributed by atoms with Gasteiger partial charge in [0.25, 0.3) is 0 Å². The highest BCUT2D eigenvalue weighted by molar-refractivity contribution is 6.32. The number of amides is 1. The van der Waals surface area contributed by atoms with Crippen LogP contribution in [0.1, 0.15) is 20.8 Å². The maximum absolute atomic E-state index is 12.7. The monoisotopic (exact) mass is 538 g/mol. The van der Waals surface area contributed by atoms with Gasteiger partial charge < -0.3 is 25.0 Å². The van der Waals surface area contributed by atoms with E-state index in [2.05, 4.69) is 25.6 Å². The Labute approximate surface area is 234 Å². The second-order valence-corrected chi connectivity index (χ2v) is 8.31. The molecule has 0 fully saturated rings. The molecule has 0 spiro atoms. The minimum absolute atomic E-state index is 0.257. The van der Waals surface area contributed by atoms with E-state index >= 15 is 0 Å². The van der Waals surface area contributed by atoms with E-state index in [0.29, 0.717) is 56.1 Å². The zero-order valence-electron chi connectivity index (χ0n) is 26.4. The number of fused-ring (bicyclic) bond motifs is 1. The first kappa shape index (κ1) is 19.8. The van der Waals surface area contributed by atoms with Crippen LogP contribution in [0.4, 0.5) is 17.2 Å². The van der Waals surface area contributed by atoms with Crippen molar-refractivity contribution < 1.29 is 22.5 Å². The van der Waals surface area contributed by atoms with Crippen LogP contribution < -0.4 is 20.1 Å². The summed E-state index contributed by atoms with van der Waals surface area (Å²) in [5.74, 6) is 0.625. The van der Waals surface area contributed by atoms with Gasteiger partial charge in [0.2, 0.25) is 5.91 Å². The number of halogens is 1. The molecule has 0 unspecified atom stereocenters. The zero-order chi connectivity index (χ0) is 31.9. The van der Waals surface area contributed by atoms with Crippen LogP contribution in [-0.2, 0) is 11.4 Å². The van der Waals surface area contributed by atoms with Gasteiger partial charge in [-0.3, -0.25) is 9.78 Å². The molecule has 0 radical (unpaired) electrons. The first-order valence-electron chi connectivity index (χ1n) is 14.6. The number of likely N-dealkylation sites (N-methyl/N-ethyl adjacent to an activating group) is 1. The molecule has 4 rings (SSSR count). The maximum Gasteiger partial charge on any atom is 0.248 e. The predicted molar refractivity (Wildman–Crippen MR) is 150 cm³/mol. The highest BCUT2D eigenvalue weighted by Crippen LogP contribution is 2.35. The Hall–Kier alpha value is -4.21. The van der Waals surface area contributed by atoms with Crippen molar-refractivity contribution in [3.05, 3.63) is 83.9 Å². The van der Waals surface area contributed by atoms with E-state index in [9.17, 15) is 4.79 Å². The summed E-state index contributed by atoms with van der Waals surface area (Å²) in [6, 6.07) is 14.0. The number of carbonyl (C=O) groups excluding carboxylic acids is 1. The minimum Gasteiger partial charge on any atom is -0.492 e. The topological polar surface area (TPSA) is 102 Å². The summed E-state index contributed by atoms with van der Waals surface area (Å²) >= 11 is 6.48. The second-order valence-electron chi connectivity index (χ2n) is 7.90. The lowest BCUT2D eigenvalue weighted by Gasteiger charge is -2.15. The molecule has 38 heavy (non-hydrogen) atoms. The van der Waals surface area contributed by atoms with Crippen molar-refractivity contribution >= 4 is 45.6 Å². The Balaban J connectivity index is 1.54. The van der Waals surface area contributed by atoms with Crippen LogP contribution in [0.25, 0.3) is 10.9 Å². The van der Waals surface area contributed by atoms with Gasteiger partial charge in [-0.05, 0) is 57.3 Å². The number of ether oxygens (including phenoxy) is 2. The molecule has 2 heterocycles. The molecule has 0 saturated heterocycles. The molecule has 0 atom stereocenters. The van der Waals surface area contributed by atoms with Gasteiger partial charge in [-0.1, -0.05) is 23.7 Å². The highest BCUT2D eigenvalue weighted by Gasteiger charge is 2.13. The molecule has 1 amide bonds. The number of hydrogen-bond donors (Lipinski definition) is 2. The van der Waals surface area contributed by atoms with Gasteiger partial charge in [-0.15, -0.1) is 0 Å². The summed E-state index contributed by atoms with van der Waals surface area (Å²) in [7, 11) is 0. The average molecular weight is 539 g/mol. The standard InChI is InChI=1S/C28H29ClN6O3/c1-4-37-26-16-23-21(15-24(26)34-27(36)9-7-13-35(2)3)28(32-18-31-23)33-19-10-11-25(22(29)14-19)38-17-20-8-5-6-12-30-20/h5-12,14-16,18H,4,13,17H2,1-3H3,(H,34,36)(H,31,32,33)/b9-7+/i2D3,3D3. The molecule has 4 aromatic rings. The van der Waals surface area contributed by atoms with Crippen LogP contribution in [-0.4, -0.2) is 52.9 Å². The molecule has 0 aliphatic carbocycles. The van der Waals surface area contributed by atoms with Crippen molar-refractivity contribution in [3.8, 4) is 11.5 Å². The SMILES string of the molecule is [2H]C([2H])([2H])N(C/C=C/C(=O)Nc1cc2c(Nc3ccc(OCc4ccccn4)c(Cl)c3)ncnc2cc1OCC)C([2H])([2H])[2H]. The van der Waals surface area contributed by atoms with Crippen molar-refractivity contribution in [2.45, 2.75) is 13.5 Å². The molecule has 2 aromatic heterocycles. The van der Waals surface area contributed by atoms with Crippen molar-refractivity contribution in [2.75, 3.05) is 37.7 Å². The van der Waals surface area contributed by atoms with E-state index < -0.39 is 26.4 Å². The lowest BCUT2D eigenvalue weighted by Crippen LogP contribution is -2.13. The summed E-state index contributed by atoms with van der Waals surface area (Å²) in [4.78, 5) is 26.0. The Morgan fingerprint density at radius 1 is 1.11 bits per heavy atom. The normalized spacial score (nSPS) is 14.2. The van der Waals surface area contributed by atoms with Gasteiger partial charge >= 0.3 is 0 Å². The Kier molecular flexibility index (Phi) is 6.71. The summed E-state index contributed by atoms with van der Waals surface area (Å²) in [5, 5.41) is 6.84. The van der Waals surface area contributed by atoms with Crippen LogP contribution in [0, 0.1) is 0 Å². The van der Waals surface area contributed by atoms with Crippen LogP contribution in [0.3, 0.4) is 0 Å². The number of anilines is 3. The average Bonchev–Trinajstić information content (AvgIpc) is 2.95. The van der Waals surface area contributed by atoms with Crippen LogP contribution >= 0.6 is 11.6 Å². The van der Waals surface area contributed by atoms with Crippen molar-refractivity contribution in [2.24, 2.45) is 0 Å². The van der Waals surface area contributed by atoms with Crippen LogP contribution in [0.5, 0.6) is 11.5 Å². The van der Waals surface area contributed by atoms with E-state index in [0.717, 1.165) is 11.8 Å². The first-order valence-corrected chi connectivity index (χ1v) is 12.0. The molecule has 0 saturated carbocycles. The van der Waals surface area contributed by atoms with Crippen molar-refractivity contribution in [1.29, 1.82) is 0 Å². The fourth-order valence-corrected chi connectivity index (χ4v) is 3.70. The molecular weight excluding hydrogens is 504 g/mol. The molecule has 196 valence electrons. The molecule has 2 aromatic carbocycles. The predicted octanol–water partition coefficient (Wildman–Crippen LogP) is 5.46. The van der Waals surface area contributed by atoms with Gasteiger partial charge in [-0.25, -0.2) is 9.97 Å². The number of benzene rings is 2. The third-order valence-corrected chi connectivity index (χ3v) is 5.44. The van der Waals surface area contributed by atoms with Gasteiger partial charge in [0.15, 0.2) is 0 Å². The number of nitrogens with zero attached hydrogens (tertiary/aromatic N) is 4. The van der Waals surface area contributed by atoms with E-state index in [1.807, 2.05) is 18.2 Å². The van der Waals surface area contributed by atoms with Gasteiger partial charge in [-0.2, -0.15) is 0 Å². The Morgan fingerprint density at radius 3 is 2.76 bits per heavy atom. The van der Waals surface area contributed by atoms with E-state index in [1.165, 1.54) is 12.4 Å². The zero-order valence-corrected chi connectivity index (χ0v) is 21.2. The number of hydrogen-bond acceptors (Lipinski definition) is 8. The molecule has 0 aliphatic heterocycles. The molecule has 10 heteroatoms. The molecule has 0 aliphatic rings. The fraction of sp³-hybridized carbons (Fsp3) is 0.214. The summed E-state index contributed by atoms with van der Waals surface area (Å²) < 4.78 is 56.2. The van der Waals surface area contributed by atoms with Gasteiger partial charge in [0.05, 0.1) is 28.5 Å². The number of aromatic nitrogens is 3. The minimum atomic E-state index is -2.87. The van der Waals surface area contributed by atoms with Crippen LogP contribution in [0.2, 0.25) is 5.02 Å². The Morgan fingerprint density at radius 2 is 2.00 bits per heavy atom. The molecular formula is C28H29ClN6O3. The number of nitrogens with one attached hydrogen (secondary N) is 2. The van der Waals surface area contributed by atoms with Crippen molar-refractivity contribution in [1.82, 2.24) is 19.9 Å². The van der Waals surface area contributed by atoms with E-state index in [1.54, 1.807) is 43.5 Å². The summed E-state index contributed by atoms with van der Waals surface area (Å²) in [6.07, 6.45) is 5.29. The van der Waals surface area contributed by atoms with Crippen LogP contribution in [0.15, 0.2) is 73.2 Å². The summed E-state index contributed by atoms with van der Waals surface area (Å²) in [5.41, 5.74) is 2.21. The molecule has 0 bridgehead atoms. The third-order valence-electron chi connectivity index (χ3n) is 5.15. The highest BCUT2D eigenvalue weighted by atomic mass is 35.5. The lowest BCUT2D eigenvalue weighted by atomic mass is 10.1. The fourth-order valence-electron chi connectivity index (χ4n) is 3.46. The maximum atomic E-state index is 12.7. The molecule has 9 nitrogen and oxygen atoms in total. The van der Waals surface area contributed by atoms with Gasteiger partial charge in [0.1, 0.15) is 30.3 Å². The quantitative estimate of drug-likeness (QED) is 0.243. The molecule has 2 N–H and O–H groups in total. The van der Waals surface area contributed by atoms with E-state index in [-0.39, 0.29) is 6.61 Å². The number of rotatable bonds is 11. The summed E-state index contributed by atoms with van der Waals surface area (Å²) in [6.45, 7) is -3.88. The van der Waals surface area contributed by atoms with Gasteiger partial charge in [0, 0.05) is 44.2 Å². The largest absolute Gasteiger partial charge is 0.492 e. The third kappa shape index (κ3) is 7.18. The Bertz CT molecular complexity index is 1620. The smallest absolute Gasteiger partial charge is 0.248 e.